The van der Waals surface area contributed by atoms with Gasteiger partial charge in [-0.1, -0.05) is 72.8 Å². The maximum Gasteiger partial charge on any atom is 0.136 e. The summed E-state index contributed by atoms with van der Waals surface area (Å²) in [6, 6.07) is 39.4. The van der Waals surface area contributed by atoms with E-state index in [9.17, 15) is 0 Å². The molecular formula is C34H25NO. The van der Waals surface area contributed by atoms with Crippen LogP contribution in [0.2, 0.25) is 0 Å². The van der Waals surface area contributed by atoms with Crippen LogP contribution in [0.5, 0.6) is 0 Å². The summed E-state index contributed by atoms with van der Waals surface area (Å²) in [4.78, 5) is 2.56. The molecule has 0 aliphatic carbocycles. The Bertz CT molecular complexity index is 1810. The van der Waals surface area contributed by atoms with Crippen LogP contribution in [0.25, 0.3) is 44.2 Å². The third-order valence-corrected chi connectivity index (χ3v) is 8.15. The van der Waals surface area contributed by atoms with E-state index >= 15 is 0 Å². The summed E-state index contributed by atoms with van der Waals surface area (Å²) in [5, 5.41) is 2.35. The molecule has 2 aliphatic heterocycles. The van der Waals surface area contributed by atoms with E-state index in [-0.39, 0.29) is 5.54 Å². The second-order valence-electron chi connectivity index (χ2n) is 10.5. The van der Waals surface area contributed by atoms with Crippen molar-refractivity contribution >= 4 is 33.3 Å². The van der Waals surface area contributed by atoms with Crippen LogP contribution in [0.3, 0.4) is 0 Å². The highest BCUT2D eigenvalue weighted by Gasteiger charge is 2.46. The van der Waals surface area contributed by atoms with Gasteiger partial charge in [-0.15, -0.1) is 0 Å². The lowest BCUT2D eigenvalue weighted by molar-refractivity contribution is 0.507. The molecule has 0 bridgehead atoms. The molecule has 0 spiro atoms. The smallest absolute Gasteiger partial charge is 0.136 e. The van der Waals surface area contributed by atoms with E-state index < -0.39 is 0 Å². The average Bonchev–Trinajstić information content (AvgIpc) is 3.52. The van der Waals surface area contributed by atoms with Crippen molar-refractivity contribution in [1.29, 1.82) is 0 Å². The van der Waals surface area contributed by atoms with Crippen LogP contribution in [0, 0.1) is 0 Å². The number of furan rings is 1. The lowest BCUT2D eigenvalue weighted by atomic mass is 9.91. The van der Waals surface area contributed by atoms with Crippen molar-refractivity contribution < 1.29 is 4.42 Å². The van der Waals surface area contributed by atoms with Crippen LogP contribution in [0.4, 0.5) is 11.4 Å². The van der Waals surface area contributed by atoms with Crippen molar-refractivity contribution in [1.82, 2.24) is 0 Å². The highest BCUT2D eigenvalue weighted by Crippen LogP contribution is 2.52. The van der Waals surface area contributed by atoms with Crippen molar-refractivity contribution in [2.75, 3.05) is 4.90 Å². The molecule has 2 aliphatic rings. The molecule has 0 saturated heterocycles. The molecule has 0 saturated carbocycles. The van der Waals surface area contributed by atoms with E-state index in [2.05, 4.69) is 121 Å². The minimum Gasteiger partial charge on any atom is -0.456 e. The first-order chi connectivity index (χ1) is 17.7. The minimum absolute atomic E-state index is 0.126. The Labute approximate surface area is 210 Å². The van der Waals surface area contributed by atoms with Crippen LogP contribution in [0.15, 0.2) is 114 Å². The molecule has 5 aromatic carbocycles. The monoisotopic (exact) mass is 463 g/mol. The maximum atomic E-state index is 6.38. The van der Waals surface area contributed by atoms with Gasteiger partial charge in [0.25, 0.3) is 0 Å². The van der Waals surface area contributed by atoms with Crippen LogP contribution in [-0.2, 0) is 12.8 Å². The zero-order valence-electron chi connectivity index (χ0n) is 20.2. The Hall–Kier alpha value is -4.30. The molecule has 172 valence electrons. The second kappa shape index (κ2) is 7.11. The molecule has 0 radical (unpaired) electrons. The molecule has 8 rings (SSSR count). The number of para-hydroxylation sites is 1. The normalized spacial score (nSPS) is 18.0. The Morgan fingerprint density at radius 2 is 1.36 bits per heavy atom. The van der Waals surface area contributed by atoms with Gasteiger partial charge in [0.15, 0.2) is 0 Å². The van der Waals surface area contributed by atoms with Crippen LogP contribution >= 0.6 is 0 Å². The highest BCUT2D eigenvalue weighted by molar-refractivity contribution is 6.13. The van der Waals surface area contributed by atoms with Crippen LogP contribution in [-0.4, -0.2) is 5.54 Å². The lowest BCUT2D eigenvalue weighted by Crippen LogP contribution is -2.37. The van der Waals surface area contributed by atoms with Gasteiger partial charge in [-0.2, -0.15) is 0 Å². The Balaban J connectivity index is 1.23. The molecule has 1 aromatic heterocycles. The lowest BCUT2D eigenvalue weighted by Gasteiger charge is -2.30. The third-order valence-electron chi connectivity index (χ3n) is 8.15. The summed E-state index contributed by atoms with van der Waals surface area (Å²) >= 11 is 0. The Morgan fingerprint density at radius 1 is 0.611 bits per heavy atom. The van der Waals surface area contributed by atoms with Crippen molar-refractivity contribution in [3.63, 3.8) is 0 Å². The molecule has 2 nitrogen and oxygen atoms in total. The standard InChI is InChI=1S/C34H25NO/c1-34-20-25-10-5-6-12-29(25)35(34)30-17-15-23(18-26(30)21-34)24-14-16-28-32(19-24)36-31-13-7-11-27(33(28)31)22-8-3-2-4-9-22/h2-19H,20-21H2,1H3. The third kappa shape index (κ3) is 2.73. The van der Waals surface area contributed by atoms with Crippen molar-refractivity contribution in [3.05, 3.63) is 120 Å². The summed E-state index contributed by atoms with van der Waals surface area (Å²) in [7, 11) is 0. The first-order valence-electron chi connectivity index (χ1n) is 12.7. The van der Waals surface area contributed by atoms with E-state index in [1.807, 2.05) is 0 Å². The fraction of sp³-hybridized carbons (Fsp3) is 0.118. The molecule has 6 aromatic rings. The molecule has 0 fully saturated rings. The predicted octanol–water partition coefficient (Wildman–Crippen LogP) is 8.93. The maximum absolute atomic E-state index is 6.38. The fourth-order valence-electron chi connectivity index (χ4n) is 6.62. The molecule has 1 atom stereocenters. The zero-order chi connectivity index (χ0) is 23.9. The van der Waals surface area contributed by atoms with E-state index in [0.29, 0.717) is 0 Å². The summed E-state index contributed by atoms with van der Waals surface area (Å²) in [6.07, 6.45) is 2.17. The minimum atomic E-state index is 0.126. The van der Waals surface area contributed by atoms with E-state index in [1.54, 1.807) is 0 Å². The topological polar surface area (TPSA) is 16.4 Å². The quantitative estimate of drug-likeness (QED) is 0.255. The van der Waals surface area contributed by atoms with Gasteiger partial charge in [-0.05, 0) is 89.5 Å². The molecular weight excluding hydrogens is 438 g/mol. The number of hydrogen-bond donors (Lipinski definition) is 0. The number of anilines is 2. The van der Waals surface area contributed by atoms with Crippen molar-refractivity contribution in [2.45, 2.75) is 25.3 Å². The van der Waals surface area contributed by atoms with E-state index in [0.717, 1.165) is 24.0 Å². The predicted molar refractivity (Wildman–Crippen MR) is 149 cm³/mol. The fourth-order valence-corrected chi connectivity index (χ4v) is 6.62. The SMILES string of the molecule is CC12Cc3ccccc3N1c1ccc(-c3ccc4c(c3)oc3cccc(-c5ccccc5)c34)cc1C2. The van der Waals surface area contributed by atoms with Gasteiger partial charge in [0.05, 0.1) is 5.54 Å². The number of benzene rings is 5. The molecule has 2 heteroatoms. The summed E-state index contributed by atoms with van der Waals surface area (Å²) in [6.45, 7) is 2.40. The van der Waals surface area contributed by atoms with E-state index in [1.165, 1.54) is 55.5 Å². The van der Waals surface area contributed by atoms with Crippen molar-refractivity contribution in [2.24, 2.45) is 0 Å². The van der Waals surface area contributed by atoms with Crippen molar-refractivity contribution in [3.8, 4) is 22.3 Å². The molecule has 1 unspecified atom stereocenters. The van der Waals surface area contributed by atoms with Gasteiger partial charge >= 0.3 is 0 Å². The van der Waals surface area contributed by atoms with Crippen LogP contribution in [0.1, 0.15) is 18.1 Å². The molecule has 0 N–H and O–H groups in total. The Kier molecular flexibility index (Phi) is 3.94. The summed E-state index contributed by atoms with van der Waals surface area (Å²) in [5.41, 5.74) is 12.5. The zero-order valence-corrected chi connectivity index (χ0v) is 20.2. The first kappa shape index (κ1) is 19.9. The second-order valence-corrected chi connectivity index (χ2v) is 10.5. The van der Waals surface area contributed by atoms with E-state index in [4.69, 9.17) is 4.42 Å². The molecule has 36 heavy (non-hydrogen) atoms. The first-order valence-corrected chi connectivity index (χ1v) is 12.7. The average molecular weight is 464 g/mol. The summed E-state index contributed by atoms with van der Waals surface area (Å²) in [5.74, 6) is 0. The Morgan fingerprint density at radius 3 is 2.28 bits per heavy atom. The van der Waals surface area contributed by atoms with Gasteiger partial charge < -0.3 is 9.32 Å². The molecule has 3 heterocycles. The molecule has 0 amide bonds. The number of nitrogens with zero attached hydrogens (tertiary/aromatic N) is 1. The number of rotatable bonds is 2. The van der Waals surface area contributed by atoms with Gasteiger partial charge in [0.1, 0.15) is 11.2 Å². The largest absolute Gasteiger partial charge is 0.456 e. The van der Waals surface area contributed by atoms with Gasteiger partial charge in [0.2, 0.25) is 0 Å². The van der Waals surface area contributed by atoms with Gasteiger partial charge in [-0.25, -0.2) is 0 Å². The van der Waals surface area contributed by atoms with Gasteiger partial charge in [0, 0.05) is 22.1 Å². The summed E-state index contributed by atoms with van der Waals surface area (Å²) < 4.78 is 6.38. The van der Waals surface area contributed by atoms with Crippen LogP contribution < -0.4 is 4.90 Å². The highest BCUT2D eigenvalue weighted by atomic mass is 16.3. The number of hydrogen-bond acceptors (Lipinski definition) is 2. The number of fused-ring (bicyclic) bond motifs is 8. The van der Waals surface area contributed by atoms with Gasteiger partial charge in [-0.3, -0.25) is 0 Å².